The monoisotopic (exact) mass is 1010 g/mol. The van der Waals surface area contributed by atoms with Crippen LogP contribution in [0.1, 0.15) is 56.1 Å². The number of aryl methyl sites for hydroxylation is 1. The number of piperidine rings is 2. The number of amides is 3. The number of methoxy groups -OCH3 is 1. The first-order valence-corrected chi connectivity index (χ1v) is 26.5. The van der Waals surface area contributed by atoms with Crippen LogP contribution in [0.25, 0.3) is 10.9 Å². The van der Waals surface area contributed by atoms with Crippen molar-refractivity contribution < 1.29 is 32.5 Å². The van der Waals surface area contributed by atoms with Gasteiger partial charge in [0.25, 0.3) is 0 Å². The van der Waals surface area contributed by atoms with Gasteiger partial charge in [0.2, 0.25) is 23.7 Å². The number of hydrogen-bond acceptors (Lipinski definition) is 14. The molecule has 2 aromatic heterocycles. The van der Waals surface area contributed by atoms with Gasteiger partial charge in [-0.1, -0.05) is 13.0 Å². The second-order valence-electron chi connectivity index (χ2n) is 18.3. The topological polar surface area (TPSA) is 178 Å². The predicted octanol–water partition coefficient (Wildman–Crippen LogP) is 6.93. The Kier molecular flexibility index (Phi) is 13.7. The Hall–Kier alpha value is -5.78. The van der Waals surface area contributed by atoms with E-state index < -0.39 is 36.5 Å². The fraction of sp³-hybridized carbons (Fsp3) is 0.438. The highest BCUT2D eigenvalue weighted by atomic mass is 79.9. The van der Waals surface area contributed by atoms with Crippen LogP contribution < -0.4 is 35.8 Å². The van der Waals surface area contributed by atoms with Crippen LogP contribution in [-0.2, 0) is 25.4 Å². The maximum atomic E-state index is 15.3. The van der Waals surface area contributed by atoms with E-state index in [-0.39, 0.29) is 30.2 Å². The summed E-state index contributed by atoms with van der Waals surface area (Å²) in [5.41, 5.74) is 4.23. The van der Waals surface area contributed by atoms with Crippen LogP contribution >= 0.6 is 23.1 Å². The fourth-order valence-corrected chi connectivity index (χ4v) is 11.9. The van der Waals surface area contributed by atoms with Crippen LogP contribution in [0, 0.1) is 17.6 Å². The predicted molar refractivity (Wildman–Crippen MR) is 262 cm³/mol. The minimum Gasteiger partial charge on any atom is -0.494 e. The summed E-state index contributed by atoms with van der Waals surface area (Å²) >= 11 is 3.58. The molecule has 68 heavy (non-hydrogen) atoms. The summed E-state index contributed by atoms with van der Waals surface area (Å²) in [6, 6.07) is 12.7. The Balaban J connectivity index is 0.793. The van der Waals surface area contributed by atoms with Gasteiger partial charge < -0.3 is 34.6 Å². The highest BCUT2D eigenvalue weighted by molar-refractivity contribution is 9.10. The zero-order valence-corrected chi connectivity index (χ0v) is 41.0. The van der Waals surface area contributed by atoms with Gasteiger partial charge >= 0.3 is 0 Å². The number of rotatable bonds is 12. The number of nitrogens with one attached hydrogen (secondary N) is 3. The van der Waals surface area contributed by atoms with Crippen LogP contribution in [0.3, 0.4) is 0 Å². The fourth-order valence-electron chi connectivity index (χ4n) is 10.2. The van der Waals surface area contributed by atoms with Crippen LogP contribution in [0.2, 0.25) is 0 Å². The second-order valence-corrected chi connectivity index (χ2v) is 22.3. The summed E-state index contributed by atoms with van der Waals surface area (Å²) in [7, 11) is -1.15. The number of piperazine rings is 1. The van der Waals surface area contributed by atoms with Crippen molar-refractivity contribution >= 4 is 91.5 Å². The molecule has 4 fully saturated rings. The third-order valence-corrected chi connectivity index (χ3v) is 15.8. The number of carbonyl (C=O) groups is 3. The number of hydrogen-bond donors (Lipinski definition) is 3. The Morgan fingerprint density at radius 3 is 2.35 bits per heavy atom. The molecule has 16 nitrogen and oxygen atoms in total. The summed E-state index contributed by atoms with van der Waals surface area (Å²) in [6.45, 7) is 11.0. The molecule has 3 amide bonds. The Morgan fingerprint density at radius 1 is 0.926 bits per heavy atom. The van der Waals surface area contributed by atoms with Gasteiger partial charge in [-0.05, 0) is 97.3 Å². The molecule has 2 unspecified atom stereocenters. The van der Waals surface area contributed by atoms with Gasteiger partial charge in [0, 0.05) is 99.4 Å². The molecule has 20 heteroatoms. The lowest BCUT2D eigenvalue weighted by molar-refractivity contribution is -0.137. The summed E-state index contributed by atoms with van der Waals surface area (Å²) in [6.07, 6.45) is 6.69. The van der Waals surface area contributed by atoms with Crippen LogP contribution in [0.4, 0.5) is 43.3 Å². The maximum absolute atomic E-state index is 15.3. The number of nitrogens with zero attached hydrogens (tertiary/aromatic N) is 8. The van der Waals surface area contributed by atoms with E-state index in [1.54, 1.807) is 32.8 Å². The maximum Gasteiger partial charge on any atom is 0.234 e. The number of imide groups is 1. The summed E-state index contributed by atoms with van der Waals surface area (Å²) in [5.74, 6) is -2.57. The molecule has 0 spiro atoms. The molecule has 2 atom stereocenters. The van der Waals surface area contributed by atoms with Crippen molar-refractivity contribution in [1.82, 2.24) is 35.3 Å². The molecule has 9 rings (SSSR count). The van der Waals surface area contributed by atoms with Crippen molar-refractivity contribution in [3.8, 4) is 5.75 Å². The molecule has 6 heterocycles. The van der Waals surface area contributed by atoms with Gasteiger partial charge in [0.05, 0.1) is 46.3 Å². The molecular weight excluding hydrogens is 959 g/mol. The summed E-state index contributed by atoms with van der Waals surface area (Å²) < 4.78 is 50.7. The molecule has 3 N–H and O–H groups in total. The highest BCUT2D eigenvalue weighted by Crippen LogP contribution is 2.42. The molecule has 358 valence electrons. The minimum absolute atomic E-state index is 0.0253. The van der Waals surface area contributed by atoms with Gasteiger partial charge in [-0.15, -0.1) is 5.10 Å². The number of aromatic nitrogens is 4. The second kappa shape index (κ2) is 19.7. The zero-order valence-electron chi connectivity index (χ0n) is 38.5. The summed E-state index contributed by atoms with van der Waals surface area (Å²) in [5, 5.41) is 18.7. The molecule has 0 bridgehead atoms. The zero-order chi connectivity index (χ0) is 47.9. The van der Waals surface area contributed by atoms with Crippen LogP contribution in [0.5, 0.6) is 5.75 Å². The summed E-state index contributed by atoms with van der Waals surface area (Å²) in [4.78, 5) is 55.7. The van der Waals surface area contributed by atoms with E-state index >= 15 is 8.78 Å². The van der Waals surface area contributed by atoms with Gasteiger partial charge in [0.1, 0.15) is 35.9 Å². The van der Waals surface area contributed by atoms with Crippen molar-refractivity contribution in [1.29, 1.82) is 0 Å². The van der Waals surface area contributed by atoms with E-state index in [1.807, 2.05) is 28.0 Å². The highest BCUT2D eigenvalue weighted by Gasteiger charge is 2.37. The van der Waals surface area contributed by atoms with Gasteiger partial charge in [0.15, 0.2) is 0 Å². The first-order chi connectivity index (χ1) is 32.7. The molecule has 0 radical (unpaired) electrons. The van der Waals surface area contributed by atoms with Gasteiger partial charge in [-0.3, -0.25) is 24.6 Å². The largest absolute Gasteiger partial charge is 0.494 e. The smallest absolute Gasteiger partial charge is 0.234 e. The van der Waals surface area contributed by atoms with E-state index in [1.165, 1.54) is 12.1 Å². The minimum atomic E-state index is -2.80. The number of halogens is 3. The molecule has 0 aliphatic carbocycles. The lowest BCUT2D eigenvalue weighted by atomic mass is 9.89. The lowest BCUT2D eigenvalue weighted by Gasteiger charge is -2.44. The van der Waals surface area contributed by atoms with E-state index in [4.69, 9.17) is 9.72 Å². The third-order valence-electron chi connectivity index (χ3n) is 13.7. The van der Waals surface area contributed by atoms with Crippen molar-refractivity contribution in [3.05, 3.63) is 82.1 Å². The quantitative estimate of drug-likeness (QED) is 0.0866. The molecule has 4 aliphatic rings. The first kappa shape index (κ1) is 47.3. The SMILES string of the molecule is CCc1cc(Nc2ncc(Br)c(Nc3ccc4ccnnc4c3P(C)(C)=O)n2)c(OC)cc1N1CCC(N2CCN(C(=O)C3CCN(c4cc(F)c(C5CCC(=O)NC5=O)c(F)c4)C3)CC2)CC1. The molecular formula is C48H55BrF2N11O5P. The molecule has 0 saturated carbocycles. The normalized spacial score (nSPS) is 19.7. The van der Waals surface area contributed by atoms with Crippen LogP contribution in [-0.4, -0.2) is 127 Å². The van der Waals surface area contributed by atoms with E-state index in [2.05, 4.69) is 75.9 Å². The van der Waals surface area contributed by atoms with E-state index in [9.17, 15) is 18.9 Å². The Bertz CT molecular complexity index is 2800. The number of ether oxygens (including phenoxy) is 1. The van der Waals surface area contributed by atoms with Crippen molar-refractivity contribution in [2.24, 2.45) is 5.92 Å². The van der Waals surface area contributed by atoms with Crippen LogP contribution in [0.15, 0.2) is 59.3 Å². The molecule has 4 saturated heterocycles. The van der Waals surface area contributed by atoms with E-state index in [0.717, 1.165) is 67.8 Å². The number of fused-ring (bicyclic) bond motifs is 1. The van der Waals surface area contributed by atoms with E-state index in [0.29, 0.717) is 82.8 Å². The average Bonchev–Trinajstić information content (AvgIpc) is 3.83. The van der Waals surface area contributed by atoms with Crippen molar-refractivity contribution in [2.75, 3.05) is 93.2 Å². The molecule has 3 aromatic carbocycles. The van der Waals surface area contributed by atoms with Crippen molar-refractivity contribution in [2.45, 2.75) is 57.4 Å². The Labute approximate surface area is 402 Å². The average molecular weight is 1010 g/mol. The van der Waals surface area contributed by atoms with Gasteiger partial charge in [-0.2, -0.15) is 10.1 Å². The van der Waals surface area contributed by atoms with Gasteiger partial charge in [-0.25, -0.2) is 13.8 Å². The first-order valence-electron chi connectivity index (χ1n) is 23.1. The standard InChI is InChI=1S/C48H55BrF2N11O5P/c1-5-28-22-38(55-48-52-26-34(49)45(57-48)54-37-8-6-29-10-14-53-58-43(29)44(37)68(3,4)66)40(67-2)25-39(28)60-16-12-31(13-17-60)59-18-20-61(21-19-59)47(65)30-11-15-62(27-30)32-23-35(50)42(36(51)24-32)33-7-9-41(63)56-46(33)64/h6,8,10,14,22-26,30-31,33H,5,7,9,11-13,15-21,27H2,1-4H3,(H,56,63,64)(H2,52,54,55,57). The number of benzene rings is 3. The van der Waals surface area contributed by atoms with Crippen molar-refractivity contribution in [3.63, 3.8) is 0 Å². The molecule has 4 aliphatic heterocycles. The Morgan fingerprint density at radius 2 is 1.66 bits per heavy atom. The number of carbonyl (C=O) groups excluding carboxylic acids is 3. The lowest BCUT2D eigenvalue weighted by Crippen LogP contribution is -2.55. The third kappa shape index (κ3) is 9.74. The molecule has 5 aromatic rings. The number of anilines is 6.